The molecule has 0 aromatic rings. The molecule has 1 unspecified atom stereocenters. The van der Waals surface area contributed by atoms with Gasteiger partial charge in [0.1, 0.15) is 24.4 Å². The van der Waals surface area contributed by atoms with E-state index in [-0.39, 0.29) is 0 Å². The molecule has 0 aliphatic rings. The van der Waals surface area contributed by atoms with Gasteiger partial charge in [-0.3, -0.25) is 4.79 Å². The fraction of sp³-hybridized carbons (Fsp3) is 0.889. The van der Waals surface area contributed by atoms with E-state index < -0.39 is 55.9 Å². The molecule has 0 bridgehead atoms. The van der Waals surface area contributed by atoms with Crippen molar-refractivity contribution in [3.63, 3.8) is 0 Å². The topological polar surface area (TPSA) is 159 Å². The van der Waals surface area contributed by atoms with Crippen LogP contribution in [0.1, 0.15) is 6.42 Å². The molecule has 0 fully saturated rings. The molecule has 17 heavy (non-hydrogen) atoms. The van der Waals surface area contributed by atoms with Crippen LogP contribution in [-0.4, -0.2) is 85.3 Å². The Hall–Kier alpha value is -0.610. The number of aliphatic hydroxyl groups is 7. The highest BCUT2D eigenvalue weighted by molar-refractivity contribution is 5.83. The summed E-state index contributed by atoms with van der Waals surface area (Å²) in [5, 5.41) is 62.7. The molecule has 102 valence electrons. The summed E-state index contributed by atoms with van der Waals surface area (Å²) in [7, 11) is 0. The molecule has 7 N–H and O–H groups in total. The zero-order chi connectivity index (χ0) is 13.6. The summed E-state index contributed by atoms with van der Waals surface area (Å²) in [5.41, 5.74) is 0. The van der Waals surface area contributed by atoms with Crippen molar-refractivity contribution in [1.29, 1.82) is 0 Å². The maximum atomic E-state index is 11.2. The molecule has 0 saturated heterocycles. The molecule has 8 heteroatoms. The molecular formula is C9H18O8. The number of aliphatic hydroxyl groups excluding tert-OH is 7. The Bertz CT molecular complexity index is 233. The van der Waals surface area contributed by atoms with Crippen LogP contribution < -0.4 is 0 Å². The highest BCUT2D eigenvalue weighted by Crippen LogP contribution is 2.08. The summed E-state index contributed by atoms with van der Waals surface area (Å²) >= 11 is 0. The third kappa shape index (κ3) is 5.04. The number of carbonyl (C=O) groups excluding carboxylic acids is 1. The van der Waals surface area contributed by atoms with E-state index in [9.17, 15) is 20.1 Å². The normalized spacial score (nSPS) is 20.4. The van der Waals surface area contributed by atoms with Gasteiger partial charge in [-0.05, 0) is 0 Å². The van der Waals surface area contributed by atoms with Crippen molar-refractivity contribution in [3.05, 3.63) is 0 Å². The summed E-state index contributed by atoms with van der Waals surface area (Å²) in [6.07, 6.45) is -9.58. The zero-order valence-corrected chi connectivity index (χ0v) is 9.05. The first kappa shape index (κ1) is 16.4. The van der Waals surface area contributed by atoms with E-state index in [0.717, 1.165) is 0 Å². The van der Waals surface area contributed by atoms with Crippen molar-refractivity contribution in [1.82, 2.24) is 0 Å². The molecule has 0 aliphatic carbocycles. The van der Waals surface area contributed by atoms with Crippen LogP contribution in [-0.2, 0) is 4.79 Å². The van der Waals surface area contributed by atoms with E-state index in [1.54, 1.807) is 0 Å². The Morgan fingerprint density at radius 1 is 0.882 bits per heavy atom. The maximum absolute atomic E-state index is 11.2. The summed E-state index contributed by atoms with van der Waals surface area (Å²) in [4.78, 5) is 11.2. The van der Waals surface area contributed by atoms with Crippen molar-refractivity contribution in [3.8, 4) is 0 Å². The van der Waals surface area contributed by atoms with Crippen LogP contribution in [0.2, 0.25) is 0 Å². The molecule has 0 aromatic carbocycles. The van der Waals surface area contributed by atoms with Gasteiger partial charge in [0, 0.05) is 6.42 Å². The van der Waals surface area contributed by atoms with Crippen LogP contribution in [0.3, 0.4) is 0 Å². The van der Waals surface area contributed by atoms with Crippen LogP contribution in [0.25, 0.3) is 0 Å². The van der Waals surface area contributed by atoms with Crippen LogP contribution in [0.15, 0.2) is 0 Å². The quantitative estimate of drug-likeness (QED) is 0.229. The van der Waals surface area contributed by atoms with Crippen molar-refractivity contribution in [2.75, 3.05) is 13.2 Å². The van der Waals surface area contributed by atoms with Gasteiger partial charge in [0.2, 0.25) is 0 Å². The van der Waals surface area contributed by atoms with Gasteiger partial charge in [0.05, 0.1) is 19.3 Å². The second-order valence-corrected chi connectivity index (χ2v) is 3.68. The Morgan fingerprint density at radius 2 is 1.41 bits per heavy atom. The van der Waals surface area contributed by atoms with Crippen LogP contribution in [0, 0.1) is 0 Å². The van der Waals surface area contributed by atoms with E-state index in [0.29, 0.717) is 0 Å². The number of rotatable bonds is 8. The molecule has 5 atom stereocenters. The molecule has 0 aliphatic heterocycles. The average molecular weight is 254 g/mol. The van der Waals surface area contributed by atoms with Gasteiger partial charge in [0.15, 0.2) is 5.78 Å². The summed E-state index contributed by atoms with van der Waals surface area (Å²) in [6, 6.07) is 0. The van der Waals surface area contributed by atoms with Gasteiger partial charge in [-0.1, -0.05) is 0 Å². The lowest BCUT2D eigenvalue weighted by atomic mass is 9.98. The van der Waals surface area contributed by atoms with E-state index in [1.165, 1.54) is 0 Å². The van der Waals surface area contributed by atoms with Crippen LogP contribution >= 0.6 is 0 Å². The van der Waals surface area contributed by atoms with Gasteiger partial charge in [-0.15, -0.1) is 0 Å². The Labute approximate surface area is 97.4 Å². The molecule has 0 saturated carbocycles. The standard InChI is InChI=1S/C9H18O8/c10-2-4(12)1-5(13)7(15)9(17)8(16)6(14)3-11/h4,6-12,14-17H,1-3H2/t4?,6-,7+,8+,9-/m1/s1. The number of Topliss-reactive ketones (excluding diaryl/α,β-unsaturated/α-hetero) is 1. The van der Waals surface area contributed by atoms with Gasteiger partial charge in [0.25, 0.3) is 0 Å². The number of carbonyl (C=O) groups is 1. The smallest absolute Gasteiger partial charge is 0.166 e. The average Bonchev–Trinajstić information content (AvgIpc) is 2.34. The monoisotopic (exact) mass is 254 g/mol. The first-order chi connectivity index (χ1) is 7.84. The first-order valence-electron chi connectivity index (χ1n) is 4.99. The third-order valence-corrected chi connectivity index (χ3v) is 2.23. The fourth-order valence-corrected chi connectivity index (χ4v) is 1.13. The number of ketones is 1. The van der Waals surface area contributed by atoms with E-state index in [4.69, 9.17) is 20.4 Å². The van der Waals surface area contributed by atoms with Crippen LogP contribution in [0.5, 0.6) is 0 Å². The lowest BCUT2D eigenvalue weighted by molar-refractivity contribution is -0.149. The van der Waals surface area contributed by atoms with Crippen molar-refractivity contribution in [2.24, 2.45) is 0 Å². The molecule has 8 nitrogen and oxygen atoms in total. The third-order valence-electron chi connectivity index (χ3n) is 2.23. The minimum Gasteiger partial charge on any atom is -0.394 e. The fourth-order valence-electron chi connectivity index (χ4n) is 1.13. The second kappa shape index (κ2) is 7.67. The Morgan fingerprint density at radius 3 is 1.82 bits per heavy atom. The zero-order valence-electron chi connectivity index (χ0n) is 9.05. The summed E-state index contributed by atoms with van der Waals surface area (Å²) < 4.78 is 0. The molecule has 0 aromatic heterocycles. The van der Waals surface area contributed by atoms with Crippen molar-refractivity contribution in [2.45, 2.75) is 36.9 Å². The highest BCUT2D eigenvalue weighted by atomic mass is 16.4. The molecule has 0 rings (SSSR count). The summed E-state index contributed by atoms with van der Waals surface area (Å²) in [6.45, 7) is -1.53. The van der Waals surface area contributed by atoms with Gasteiger partial charge >= 0.3 is 0 Å². The number of hydrogen-bond donors (Lipinski definition) is 7. The lowest BCUT2D eigenvalue weighted by Crippen LogP contribution is -2.49. The van der Waals surface area contributed by atoms with Gasteiger partial charge in [-0.25, -0.2) is 0 Å². The molecule has 0 radical (unpaired) electrons. The molecule has 0 spiro atoms. The summed E-state index contributed by atoms with van der Waals surface area (Å²) in [5.74, 6) is -0.997. The van der Waals surface area contributed by atoms with E-state index >= 15 is 0 Å². The number of hydrogen-bond acceptors (Lipinski definition) is 8. The predicted molar refractivity (Wildman–Crippen MR) is 53.8 cm³/mol. The van der Waals surface area contributed by atoms with E-state index in [2.05, 4.69) is 0 Å². The van der Waals surface area contributed by atoms with Crippen LogP contribution in [0.4, 0.5) is 0 Å². The molecular weight excluding hydrogens is 236 g/mol. The van der Waals surface area contributed by atoms with Crippen molar-refractivity contribution >= 4 is 5.78 Å². The van der Waals surface area contributed by atoms with Crippen molar-refractivity contribution < 1.29 is 40.5 Å². The Balaban J connectivity index is 4.38. The van der Waals surface area contributed by atoms with Gasteiger partial charge < -0.3 is 35.7 Å². The minimum atomic E-state index is -2.02. The lowest BCUT2D eigenvalue weighted by Gasteiger charge is -2.25. The SMILES string of the molecule is O=C(CC(O)CO)[C@H](O)[C@@H](O)[C@@H](O)[C@H](O)CO. The highest BCUT2D eigenvalue weighted by Gasteiger charge is 2.34. The molecule has 0 amide bonds. The van der Waals surface area contributed by atoms with Gasteiger partial charge in [-0.2, -0.15) is 0 Å². The second-order valence-electron chi connectivity index (χ2n) is 3.68. The predicted octanol–water partition coefficient (Wildman–Crippen LogP) is -4.27. The van der Waals surface area contributed by atoms with E-state index in [1.807, 2.05) is 0 Å². The first-order valence-corrected chi connectivity index (χ1v) is 4.99. The Kier molecular flexibility index (Phi) is 7.39. The maximum Gasteiger partial charge on any atom is 0.166 e. The largest absolute Gasteiger partial charge is 0.394 e. The minimum absolute atomic E-state index is 0.601. The molecule has 0 heterocycles.